The Morgan fingerprint density at radius 2 is 1.81 bits per heavy atom. The largest absolute Gasteiger partial charge is 0.458 e. The van der Waals surface area contributed by atoms with Crippen LogP contribution in [0.4, 0.5) is 0 Å². The second kappa shape index (κ2) is 7.79. The summed E-state index contributed by atoms with van der Waals surface area (Å²) in [6, 6.07) is 0. The van der Waals surface area contributed by atoms with Crippen molar-refractivity contribution < 1.29 is 25.3 Å². The Kier molecular flexibility index (Phi) is 6.37. The van der Waals surface area contributed by atoms with Crippen LogP contribution in [0.1, 0.15) is 73.6 Å². The Labute approximate surface area is 212 Å². The van der Waals surface area contributed by atoms with Gasteiger partial charge in [-0.15, -0.1) is 0 Å². The normalized spacial score (nSPS) is 49.7. The molecule has 0 N–H and O–H groups in total. The predicted molar refractivity (Wildman–Crippen MR) is 137 cm³/mol. The first kappa shape index (κ1) is 26.2. The summed E-state index contributed by atoms with van der Waals surface area (Å²) in [6.07, 6.45) is 8.07. The van der Waals surface area contributed by atoms with E-state index in [9.17, 15) is 14.4 Å². The standard InChI is InChI=1S/C24H30O5.3H2S.H2/c1-13(25)16-11-14-10-15(26)4-7-21(14,2)24-18(28-24)12-22(3)17(20(16)24)5-8-23(22)9-6-19(27)29-23;;;;/h10,16-18,20H,4-9,11-12H2,1-3H3;3*1H2;1H/t16-,17-,18+,20-,21-,22-,23+,24?;;;;/m0..../s1. The molecular weight excluding hydrogens is 464 g/mol. The van der Waals surface area contributed by atoms with Gasteiger partial charge in [0.2, 0.25) is 0 Å². The Balaban J connectivity index is 0.000000963. The zero-order valence-electron chi connectivity index (χ0n) is 19.1. The summed E-state index contributed by atoms with van der Waals surface area (Å²) in [6.45, 7) is 6.28. The average molecular weight is 503 g/mol. The maximum Gasteiger partial charge on any atom is 0.306 e. The number of rotatable bonds is 1. The summed E-state index contributed by atoms with van der Waals surface area (Å²) in [5.41, 5.74) is 0.132. The molecule has 0 radical (unpaired) electrons. The van der Waals surface area contributed by atoms with Crippen molar-refractivity contribution >= 4 is 58.0 Å². The van der Waals surface area contributed by atoms with Crippen molar-refractivity contribution in [2.45, 2.75) is 89.4 Å². The van der Waals surface area contributed by atoms with Crippen molar-refractivity contribution in [2.24, 2.45) is 28.6 Å². The number of hydrogen-bond donors (Lipinski definition) is 0. The van der Waals surface area contributed by atoms with Gasteiger partial charge in [0, 0.05) is 36.9 Å². The zero-order valence-corrected chi connectivity index (χ0v) is 22.1. The molecule has 2 heterocycles. The number of carbonyl (C=O) groups excluding carboxylic acids is 3. The molecule has 0 bridgehead atoms. The number of esters is 1. The number of ketones is 2. The van der Waals surface area contributed by atoms with Crippen LogP contribution in [0.5, 0.6) is 0 Å². The molecule has 6 aliphatic rings. The van der Waals surface area contributed by atoms with E-state index >= 15 is 0 Å². The van der Waals surface area contributed by atoms with Gasteiger partial charge in [-0.25, -0.2) is 0 Å². The SMILES string of the molecule is CC(=O)[C@@H]1CC2=CC(=O)CC[C@]2(C)C23O[C@@H]2C[C@@]2(C)[C@@H](CC[C@@]24CCC(=O)O4)[C@H]13.S.S.S.[HH]. The highest BCUT2D eigenvalue weighted by Gasteiger charge is 2.83. The monoisotopic (exact) mass is 502 g/mol. The van der Waals surface area contributed by atoms with Gasteiger partial charge in [0.05, 0.1) is 6.10 Å². The predicted octanol–water partition coefficient (Wildman–Crippen LogP) is 4.12. The van der Waals surface area contributed by atoms with Crippen LogP contribution in [0, 0.1) is 28.6 Å². The van der Waals surface area contributed by atoms with E-state index in [-0.39, 0.29) is 99.4 Å². The zero-order chi connectivity index (χ0) is 20.4. The molecule has 0 aromatic heterocycles. The maximum absolute atomic E-state index is 12.9. The van der Waals surface area contributed by atoms with Crippen LogP contribution in [0.15, 0.2) is 11.6 Å². The van der Waals surface area contributed by atoms with E-state index in [1.807, 2.05) is 6.08 Å². The van der Waals surface area contributed by atoms with Crippen molar-refractivity contribution in [3.63, 3.8) is 0 Å². The van der Waals surface area contributed by atoms with E-state index in [1.54, 1.807) is 6.92 Å². The number of Topliss-reactive ketones (excluding diaryl/α,β-unsaturated/α-hetero) is 1. The minimum absolute atomic E-state index is 0. The highest BCUT2D eigenvalue weighted by Crippen LogP contribution is 2.78. The van der Waals surface area contributed by atoms with E-state index in [1.165, 1.54) is 0 Å². The first-order valence-electron chi connectivity index (χ1n) is 11.3. The fraction of sp³-hybridized carbons (Fsp3) is 0.792. The van der Waals surface area contributed by atoms with Gasteiger partial charge in [-0.2, -0.15) is 40.5 Å². The topological polar surface area (TPSA) is 73.0 Å². The first-order valence-corrected chi connectivity index (χ1v) is 11.3. The summed E-state index contributed by atoms with van der Waals surface area (Å²) in [5.74, 6) is 0.676. The summed E-state index contributed by atoms with van der Waals surface area (Å²) in [4.78, 5) is 37.2. The third-order valence-corrected chi connectivity index (χ3v) is 10.2. The number of carbonyl (C=O) groups is 3. The molecule has 5 fully saturated rings. The second-order valence-corrected chi connectivity index (χ2v) is 11.0. The molecule has 182 valence electrons. The van der Waals surface area contributed by atoms with Gasteiger partial charge >= 0.3 is 5.97 Å². The van der Waals surface area contributed by atoms with Gasteiger partial charge in [-0.1, -0.05) is 19.4 Å². The number of ether oxygens (including phenoxy) is 2. The smallest absolute Gasteiger partial charge is 0.306 e. The highest BCUT2D eigenvalue weighted by atomic mass is 32.1. The Bertz CT molecular complexity index is 911. The summed E-state index contributed by atoms with van der Waals surface area (Å²) in [5, 5.41) is 0. The molecule has 0 aromatic carbocycles. The highest BCUT2D eigenvalue weighted by molar-refractivity contribution is 7.59. The molecule has 2 spiro atoms. The second-order valence-electron chi connectivity index (χ2n) is 11.0. The molecule has 0 amide bonds. The molecule has 4 aliphatic carbocycles. The van der Waals surface area contributed by atoms with Gasteiger partial charge in [0.25, 0.3) is 0 Å². The Hall–Kier alpha value is -0.440. The van der Waals surface area contributed by atoms with E-state index in [2.05, 4.69) is 13.8 Å². The van der Waals surface area contributed by atoms with Gasteiger partial charge in [-0.05, 0) is 57.4 Å². The van der Waals surface area contributed by atoms with Gasteiger partial charge in [0.15, 0.2) is 5.78 Å². The number of fused-ring (bicyclic) bond motifs is 4. The molecule has 3 saturated carbocycles. The van der Waals surface area contributed by atoms with E-state index in [4.69, 9.17) is 9.47 Å². The fourth-order valence-electron chi connectivity index (χ4n) is 8.70. The molecule has 2 saturated heterocycles. The van der Waals surface area contributed by atoms with Crippen LogP contribution in [0.3, 0.4) is 0 Å². The molecule has 1 unspecified atom stereocenters. The molecule has 8 atom stereocenters. The number of epoxide rings is 1. The minimum atomic E-state index is -0.381. The van der Waals surface area contributed by atoms with Crippen LogP contribution in [-0.2, 0) is 23.9 Å². The van der Waals surface area contributed by atoms with Crippen molar-refractivity contribution in [1.82, 2.24) is 0 Å². The molecule has 6 rings (SSSR count). The lowest BCUT2D eigenvalue weighted by atomic mass is 9.43. The molecule has 0 aromatic rings. The Morgan fingerprint density at radius 1 is 1.09 bits per heavy atom. The lowest BCUT2D eigenvalue weighted by Crippen LogP contribution is -2.63. The quantitative estimate of drug-likeness (QED) is 0.398. The van der Waals surface area contributed by atoms with Crippen molar-refractivity contribution in [3.05, 3.63) is 11.6 Å². The average Bonchev–Trinajstić information content (AvgIpc) is 3.14. The van der Waals surface area contributed by atoms with Crippen LogP contribution >= 0.6 is 40.5 Å². The van der Waals surface area contributed by atoms with Crippen molar-refractivity contribution in [1.29, 1.82) is 0 Å². The third kappa shape index (κ3) is 2.81. The molecule has 8 heteroatoms. The van der Waals surface area contributed by atoms with Crippen LogP contribution in [0.25, 0.3) is 0 Å². The molecule has 2 aliphatic heterocycles. The van der Waals surface area contributed by atoms with E-state index in [0.29, 0.717) is 25.2 Å². The molecular formula is C24H38O5S3. The van der Waals surface area contributed by atoms with Crippen LogP contribution in [-0.4, -0.2) is 34.8 Å². The van der Waals surface area contributed by atoms with Gasteiger partial charge in [-0.3, -0.25) is 14.4 Å². The van der Waals surface area contributed by atoms with Crippen molar-refractivity contribution in [3.8, 4) is 0 Å². The van der Waals surface area contributed by atoms with Crippen LogP contribution in [0.2, 0.25) is 0 Å². The summed E-state index contributed by atoms with van der Waals surface area (Å²) >= 11 is 0. The molecule has 32 heavy (non-hydrogen) atoms. The Morgan fingerprint density at radius 3 is 2.44 bits per heavy atom. The maximum atomic E-state index is 12.9. The molecule has 5 nitrogen and oxygen atoms in total. The first-order chi connectivity index (χ1) is 13.7. The van der Waals surface area contributed by atoms with Gasteiger partial charge < -0.3 is 9.47 Å². The van der Waals surface area contributed by atoms with E-state index < -0.39 is 0 Å². The fourth-order valence-corrected chi connectivity index (χ4v) is 8.70. The summed E-state index contributed by atoms with van der Waals surface area (Å²) < 4.78 is 12.7. The van der Waals surface area contributed by atoms with Crippen molar-refractivity contribution in [2.75, 3.05) is 0 Å². The lowest BCUT2D eigenvalue weighted by molar-refractivity contribution is -0.167. The van der Waals surface area contributed by atoms with Crippen LogP contribution < -0.4 is 0 Å². The van der Waals surface area contributed by atoms with E-state index in [0.717, 1.165) is 37.7 Å². The lowest BCUT2D eigenvalue weighted by Gasteiger charge is -2.58. The third-order valence-electron chi connectivity index (χ3n) is 10.2. The summed E-state index contributed by atoms with van der Waals surface area (Å²) in [7, 11) is 0. The van der Waals surface area contributed by atoms with Gasteiger partial charge in [0.1, 0.15) is 17.0 Å². The number of hydrogen-bond acceptors (Lipinski definition) is 5. The minimum Gasteiger partial charge on any atom is -0.458 e.